The Balaban J connectivity index is 2.41. The van der Waals surface area contributed by atoms with Crippen LogP contribution in [0.2, 0.25) is 0 Å². The average Bonchev–Trinajstić information content (AvgIpc) is 2.96. The van der Waals surface area contributed by atoms with Crippen LogP contribution in [0.25, 0.3) is 0 Å². The summed E-state index contributed by atoms with van der Waals surface area (Å²) >= 11 is 5.17. The number of aromatic nitrogens is 1. The van der Waals surface area contributed by atoms with Gasteiger partial charge in [0.15, 0.2) is 16.7 Å². The Morgan fingerprint density at radius 2 is 2.17 bits per heavy atom. The summed E-state index contributed by atoms with van der Waals surface area (Å²) in [5, 5.41) is 8.24. The Bertz CT molecular complexity index is 595. The minimum atomic E-state index is -0.679. The van der Waals surface area contributed by atoms with E-state index >= 15 is 0 Å². The second-order valence-electron chi connectivity index (χ2n) is 6.24. The van der Waals surface area contributed by atoms with Gasteiger partial charge >= 0.3 is 0 Å². The molecular weight excluding hydrogens is 376 g/mol. The van der Waals surface area contributed by atoms with Crippen molar-refractivity contribution in [1.29, 1.82) is 0 Å². The van der Waals surface area contributed by atoms with Crippen LogP contribution in [0.3, 0.4) is 0 Å². The fraction of sp³-hybridized carbons (Fsp3) is 0.625. The lowest BCUT2D eigenvalue weighted by Gasteiger charge is -2.33. The summed E-state index contributed by atoms with van der Waals surface area (Å²) in [4.78, 5) is 16.3. The first-order valence-corrected chi connectivity index (χ1v) is 9.64. The zero-order chi connectivity index (χ0) is 17.0. The molecular formula is C16H23BrN4OS. The Kier molecular flexibility index (Phi) is 6.19. The fourth-order valence-corrected chi connectivity index (χ4v) is 4.15. The van der Waals surface area contributed by atoms with Gasteiger partial charge in [0.2, 0.25) is 0 Å². The number of nitrogens with one attached hydrogen (secondary N) is 1. The number of thioether (sulfide) groups is 1. The summed E-state index contributed by atoms with van der Waals surface area (Å²) in [6, 6.07) is 1.45. The number of hydrogen-bond donors (Lipinski definition) is 1. The highest BCUT2D eigenvalue weighted by molar-refractivity contribution is 9.10. The standard InChI is InChI=1S/C16H23BrN4OS/c1-5-11(4)9-23-16(12-6-13(17)8-18-7-12)15(19-21-20-16)14(22)10(2)3/h6-8,10-11,15H,5,9H2,1-4H3,(H,19,20). The van der Waals surface area contributed by atoms with Crippen LogP contribution in [0, 0.1) is 11.8 Å². The lowest BCUT2D eigenvalue weighted by Crippen LogP contribution is -2.47. The molecule has 0 bridgehead atoms. The van der Waals surface area contributed by atoms with E-state index in [0.29, 0.717) is 5.92 Å². The van der Waals surface area contributed by atoms with Gasteiger partial charge in [-0.05, 0) is 33.7 Å². The third kappa shape index (κ3) is 3.94. The molecule has 0 radical (unpaired) electrons. The molecule has 0 amide bonds. The minimum absolute atomic E-state index is 0.0929. The van der Waals surface area contributed by atoms with Gasteiger partial charge in [0.1, 0.15) is 0 Å². The van der Waals surface area contributed by atoms with Gasteiger partial charge in [-0.3, -0.25) is 15.2 Å². The van der Waals surface area contributed by atoms with E-state index in [2.05, 4.69) is 50.5 Å². The van der Waals surface area contributed by atoms with Crippen molar-refractivity contribution in [2.45, 2.75) is 45.0 Å². The molecule has 126 valence electrons. The van der Waals surface area contributed by atoms with Crippen LogP contribution in [0.4, 0.5) is 0 Å². The van der Waals surface area contributed by atoms with Crippen molar-refractivity contribution in [3.8, 4) is 0 Å². The second-order valence-corrected chi connectivity index (χ2v) is 8.42. The first-order valence-electron chi connectivity index (χ1n) is 7.86. The van der Waals surface area contributed by atoms with Gasteiger partial charge in [0.25, 0.3) is 0 Å². The normalized spacial score (nSPS) is 24.7. The van der Waals surface area contributed by atoms with Crippen LogP contribution in [0.15, 0.2) is 33.3 Å². The zero-order valence-electron chi connectivity index (χ0n) is 13.9. The van der Waals surface area contributed by atoms with Gasteiger partial charge in [0, 0.05) is 28.3 Å². The molecule has 0 spiro atoms. The molecule has 1 aliphatic rings. The van der Waals surface area contributed by atoms with E-state index < -0.39 is 10.9 Å². The van der Waals surface area contributed by atoms with Crippen LogP contribution in [-0.2, 0) is 9.67 Å². The molecule has 1 aliphatic heterocycles. The summed E-state index contributed by atoms with van der Waals surface area (Å²) < 4.78 is 0.878. The molecule has 7 heteroatoms. The number of hydrogen-bond acceptors (Lipinski definition) is 6. The van der Waals surface area contributed by atoms with E-state index in [1.807, 2.05) is 19.9 Å². The first kappa shape index (κ1) is 18.4. The fourth-order valence-electron chi connectivity index (χ4n) is 2.30. The van der Waals surface area contributed by atoms with Gasteiger partial charge in [-0.25, -0.2) is 0 Å². The number of rotatable bonds is 7. The van der Waals surface area contributed by atoms with Crippen molar-refractivity contribution >= 4 is 33.5 Å². The van der Waals surface area contributed by atoms with E-state index in [0.717, 1.165) is 22.2 Å². The number of Topliss-reactive ketones (excluding diaryl/α,β-unsaturated/α-hetero) is 1. The van der Waals surface area contributed by atoms with E-state index in [1.54, 1.807) is 24.2 Å². The van der Waals surface area contributed by atoms with Crippen molar-refractivity contribution in [3.05, 3.63) is 28.5 Å². The molecule has 3 atom stereocenters. The van der Waals surface area contributed by atoms with Crippen LogP contribution < -0.4 is 5.43 Å². The van der Waals surface area contributed by atoms with E-state index in [9.17, 15) is 4.79 Å². The highest BCUT2D eigenvalue weighted by atomic mass is 79.9. The van der Waals surface area contributed by atoms with Gasteiger partial charge in [-0.2, -0.15) is 5.11 Å². The quantitative estimate of drug-likeness (QED) is 0.741. The third-order valence-corrected chi connectivity index (χ3v) is 6.21. The molecule has 2 rings (SSSR count). The number of halogens is 1. The van der Waals surface area contributed by atoms with Gasteiger partial charge < -0.3 is 0 Å². The number of pyridine rings is 1. The Morgan fingerprint density at radius 1 is 1.43 bits per heavy atom. The zero-order valence-corrected chi connectivity index (χ0v) is 16.3. The maximum atomic E-state index is 12.7. The van der Waals surface area contributed by atoms with Crippen LogP contribution >= 0.6 is 27.7 Å². The molecule has 2 heterocycles. The lowest BCUT2D eigenvalue weighted by atomic mass is 9.92. The van der Waals surface area contributed by atoms with E-state index in [4.69, 9.17) is 0 Å². The predicted molar refractivity (Wildman–Crippen MR) is 97.2 cm³/mol. The van der Waals surface area contributed by atoms with Crippen molar-refractivity contribution in [1.82, 2.24) is 10.4 Å². The molecule has 5 nitrogen and oxygen atoms in total. The molecule has 0 aromatic carbocycles. The molecule has 0 fully saturated rings. The van der Waals surface area contributed by atoms with Crippen molar-refractivity contribution < 1.29 is 4.79 Å². The molecule has 0 aliphatic carbocycles. The highest BCUT2D eigenvalue weighted by Crippen LogP contribution is 2.44. The minimum Gasteiger partial charge on any atom is -0.297 e. The molecule has 3 unspecified atom stereocenters. The van der Waals surface area contributed by atoms with Crippen molar-refractivity contribution in [3.63, 3.8) is 0 Å². The second kappa shape index (κ2) is 7.75. The van der Waals surface area contributed by atoms with Crippen molar-refractivity contribution in [2.24, 2.45) is 22.2 Å². The first-order chi connectivity index (χ1) is 10.9. The maximum Gasteiger partial charge on any atom is 0.169 e. The number of carbonyl (C=O) groups excluding carboxylic acids is 1. The molecule has 1 aromatic heterocycles. The summed E-state index contributed by atoms with van der Waals surface area (Å²) in [6.07, 6.45) is 4.62. The maximum absolute atomic E-state index is 12.7. The van der Waals surface area contributed by atoms with Crippen LogP contribution in [0.1, 0.15) is 39.7 Å². The van der Waals surface area contributed by atoms with E-state index in [1.165, 1.54) is 0 Å². The topological polar surface area (TPSA) is 66.7 Å². The molecule has 23 heavy (non-hydrogen) atoms. The Morgan fingerprint density at radius 3 is 2.78 bits per heavy atom. The molecule has 0 saturated carbocycles. The molecule has 0 saturated heterocycles. The summed E-state index contributed by atoms with van der Waals surface area (Å²) in [6.45, 7) is 8.19. The highest BCUT2D eigenvalue weighted by Gasteiger charge is 2.50. The van der Waals surface area contributed by atoms with Crippen molar-refractivity contribution in [2.75, 3.05) is 5.75 Å². The summed E-state index contributed by atoms with van der Waals surface area (Å²) in [5.74, 6) is 1.47. The smallest absolute Gasteiger partial charge is 0.169 e. The van der Waals surface area contributed by atoms with Gasteiger partial charge in [-0.1, -0.05) is 39.3 Å². The van der Waals surface area contributed by atoms with Crippen LogP contribution in [0.5, 0.6) is 0 Å². The molecule has 1 N–H and O–H groups in total. The van der Waals surface area contributed by atoms with Gasteiger partial charge in [0.05, 0.1) is 0 Å². The summed E-state index contributed by atoms with van der Waals surface area (Å²) in [5.41, 5.74) is 4.04. The number of ketones is 1. The lowest BCUT2D eigenvalue weighted by molar-refractivity contribution is -0.123. The average molecular weight is 399 g/mol. The number of carbonyl (C=O) groups is 1. The third-order valence-electron chi connectivity index (χ3n) is 4.04. The Labute approximate surface area is 150 Å². The SMILES string of the molecule is CCC(C)CSC1(c2cncc(Br)c2)NN=NC1C(=O)C(C)C. The largest absolute Gasteiger partial charge is 0.297 e. The number of nitrogens with zero attached hydrogens (tertiary/aromatic N) is 3. The van der Waals surface area contributed by atoms with Gasteiger partial charge in [-0.15, -0.1) is 11.8 Å². The molecule has 1 aromatic rings. The summed E-state index contributed by atoms with van der Waals surface area (Å²) in [7, 11) is 0. The predicted octanol–water partition coefficient (Wildman–Crippen LogP) is 4.34. The monoisotopic (exact) mass is 398 g/mol. The Hall–Kier alpha value is -0.950. The van der Waals surface area contributed by atoms with Crippen LogP contribution in [-0.4, -0.2) is 22.6 Å². The van der Waals surface area contributed by atoms with E-state index in [-0.39, 0.29) is 11.7 Å².